The molecule has 0 radical (unpaired) electrons. The summed E-state index contributed by atoms with van der Waals surface area (Å²) in [5.74, 6) is 0. The summed E-state index contributed by atoms with van der Waals surface area (Å²) in [6, 6.07) is 8.64. The smallest absolute Gasteiger partial charge is 0.315 e. The molecule has 0 unspecified atom stereocenters. The van der Waals surface area contributed by atoms with Crippen LogP contribution in [0, 0.1) is 0 Å². The number of halogens is 2. The summed E-state index contributed by atoms with van der Waals surface area (Å²) in [6.07, 6.45) is -2.52. The summed E-state index contributed by atoms with van der Waals surface area (Å²) in [5, 5.41) is 4.52. The van der Waals surface area contributed by atoms with Crippen LogP contribution in [0.5, 0.6) is 0 Å². The molecule has 15 heavy (non-hydrogen) atoms. The number of benzene rings is 1. The van der Waals surface area contributed by atoms with E-state index in [4.69, 9.17) is 0 Å². The van der Waals surface area contributed by atoms with E-state index in [0.717, 1.165) is 5.56 Å². The quantitative estimate of drug-likeness (QED) is 0.787. The highest BCUT2D eigenvalue weighted by Crippen LogP contribution is 1.96. The molecule has 0 atom stereocenters. The number of hydrogen-bond donors (Lipinski definition) is 2. The second-order valence-electron chi connectivity index (χ2n) is 2.94. The minimum Gasteiger partial charge on any atom is -0.334 e. The predicted octanol–water partition coefficient (Wildman–Crippen LogP) is 1.75. The zero-order valence-corrected chi connectivity index (χ0v) is 8.04. The Balaban J connectivity index is 2.23. The highest BCUT2D eigenvalue weighted by molar-refractivity contribution is 5.73. The van der Waals surface area contributed by atoms with Crippen molar-refractivity contribution in [2.24, 2.45) is 0 Å². The van der Waals surface area contributed by atoms with Gasteiger partial charge in [-0.1, -0.05) is 30.3 Å². The standard InChI is InChI=1S/C10H12F2N2O/c11-9(12)7-14-10(15)13-6-8-4-2-1-3-5-8/h1-5,9H,6-7H2,(H2,13,14,15). The molecule has 1 aromatic rings. The molecule has 0 aliphatic rings. The maximum atomic E-state index is 11.7. The Bertz CT molecular complexity index is 304. The summed E-state index contributed by atoms with van der Waals surface area (Å²) in [6.45, 7) is -0.295. The minimum absolute atomic E-state index is 0.329. The van der Waals surface area contributed by atoms with Crippen LogP contribution >= 0.6 is 0 Å². The topological polar surface area (TPSA) is 41.1 Å². The van der Waals surface area contributed by atoms with Crippen LogP contribution in [0.2, 0.25) is 0 Å². The van der Waals surface area contributed by atoms with Gasteiger partial charge in [-0.25, -0.2) is 13.6 Å². The minimum atomic E-state index is -2.52. The molecular formula is C10H12F2N2O. The van der Waals surface area contributed by atoms with Crippen molar-refractivity contribution in [1.29, 1.82) is 0 Å². The van der Waals surface area contributed by atoms with Crippen LogP contribution < -0.4 is 10.6 Å². The van der Waals surface area contributed by atoms with E-state index in [2.05, 4.69) is 10.6 Å². The van der Waals surface area contributed by atoms with Crippen LogP contribution in [0.3, 0.4) is 0 Å². The van der Waals surface area contributed by atoms with Gasteiger partial charge in [-0.05, 0) is 5.56 Å². The van der Waals surface area contributed by atoms with Crippen LogP contribution in [0.4, 0.5) is 13.6 Å². The van der Waals surface area contributed by atoms with Crippen molar-refractivity contribution in [3.8, 4) is 0 Å². The van der Waals surface area contributed by atoms with Crippen molar-refractivity contribution >= 4 is 6.03 Å². The molecule has 0 bridgehead atoms. The Morgan fingerprint density at radius 3 is 2.47 bits per heavy atom. The van der Waals surface area contributed by atoms with Crippen molar-refractivity contribution in [2.75, 3.05) is 6.54 Å². The highest BCUT2D eigenvalue weighted by atomic mass is 19.3. The van der Waals surface area contributed by atoms with Gasteiger partial charge < -0.3 is 10.6 Å². The molecule has 0 aliphatic heterocycles. The molecule has 2 N–H and O–H groups in total. The summed E-state index contributed by atoms with van der Waals surface area (Å²) >= 11 is 0. The van der Waals surface area contributed by atoms with Crippen molar-refractivity contribution < 1.29 is 13.6 Å². The number of rotatable bonds is 4. The van der Waals surface area contributed by atoms with E-state index in [1.807, 2.05) is 30.3 Å². The third kappa shape index (κ3) is 4.95. The summed E-state index contributed by atoms with van der Waals surface area (Å²) in [7, 11) is 0. The van der Waals surface area contributed by atoms with Gasteiger partial charge >= 0.3 is 6.03 Å². The fourth-order valence-electron chi connectivity index (χ4n) is 1.01. The highest BCUT2D eigenvalue weighted by Gasteiger charge is 2.04. The largest absolute Gasteiger partial charge is 0.334 e. The van der Waals surface area contributed by atoms with Crippen molar-refractivity contribution in [3.05, 3.63) is 35.9 Å². The van der Waals surface area contributed by atoms with Gasteiger partial charge in [0.25, 0.3) is 6.43 Å². The lowest BCUT2D eigenvalue weighted by Crippen LogP contribution is -2.37. The molecule has 0 aromatic heterocycles. The predicted molar refractivity (Wildman–Crippen MR) is 52.7 cm³/mol. The summed E-state index contributed by atoms with van der Waals surface area (Å²) in [5.41, 5.74) is 0.921. The number of urea groups is 1. The van der Waals surface area contributed by atoms with Crippen molar-refractivity contribution in [1.82, 2.24) is 10.6 Å². The second-order valence-corrected chi connectivity index (χ2v) is 2.94. The van der Waals surface area contributed by atoms with E-state index in [0.29, 0.717) is 6.54 Å². The Labute approximate surface area is 86.5 Å². The molecule has 0 saturated carbocycles. The normalized spacial score (nSPS) is 10.1. The average Bonchev–Trinajstić information content (AvgIpc) is 2.25. The molecule has 1 aromatic carbocycles. The lowest BCUT2D eigenvalue weighted by molar-refractivity contribution is 0.146. The van der Waals surface area contributed by atoms with E-state index in [1.54, 1.807) is 0 Å². The van der Waals surface area contributed by atoms with Crippen LogP contribution in [0.1, 0.15) is 5.56 Å². The van der Waals surface area contributed by atoms with E-state index in [9.17, 15) is 13.6 Å². The lowest BCUT2D eigenvalue weighted by atomic mass is 10.2. The summed E-state index contributed by atoms with van der Waals surface area (Å²) < 4.78 is 23.4. The number of nitrogens with one attached hydrogen (secondary N) is 2. The number of carbonyl (C=O) groups excluding carboxylic acids is 1. The van der Waals surface area contributed by atoms with E-state index < -0.39 is 19.0 Å². The Kier molecular flexibility index (Phi) is 4.53. The molecule has 0 aliphatic carbocycles. The van der Waals surface area contributed by atoms with Gasteiger partial charge in [-0.3, -0.25) is 0 Å². The van der Waals surface area contributed by atoms with Crippen molar-refractivity contribution in [2.45, 2.75) is 13.0 Å². The van der Waals surface area contributed by atoms with Crippen LogP contribution in [-0.2, 0) is 6.54 Å². The van der Waals surface area contributed by atoms with Gasteiger partial charge in [-0.2, -0.15) is 0 Å². The molecule has 0 saturated heterocycles. The van der Waals surface area contributed by atoms with E-state index in [1.165, 1.54) is 0 Å². The molecule has 3 nitrogen and oxygen atoms in total. The fourth-order valence-corrected chi connectivity index (χ4v) is 1.01. The maximum absolute atomic E-state index is 11.7. The van der Waals surface area contributed by atoms with Crippen LogP contribution in [0.25, 0.3) is 0 Å². The van der Waals surface area contributed by atoms with Gasteiger partial charge in [0.2, 0.25) is 0 Å². The van der Waals surface area contributed by atoms with Gasteiger partial charge in [-0.15, -0.1) is 0 Å². The Morgan fingerprint density at radius 1 is 1.20 bits per heavy atom. The molecule has 0 fully saturated rings. The molecule has 5 heteroatoms. The first-order chi connectivity index (χ1) is 7.18. The second kappa shape index (κ2) is 5.95. The zero-order chi connectivity index (χ0) is 11.1. The monoisotopic (exact) mass is 214 g/mol. The zero-order valence-electron chi connectivity index (χ0n) is 8.04. The van der Waals surface area contributed by atoms with Crippen LogP contribution in [-0.4, -0.2) is 19.0 Å². The maximum Gasteiger partial charge on any atom is 0.315 e. The summed E-state index contributed by atoms with van der Waals surface area (Å²) in [4.78, 5) is 11.0. The molecule has 82 valence electrons. The van der Waals surface area contributed by atoms with Crippen molar-refractivity contribution in [3.63, 3.8) is 0 Å². The third-order valence-corrected chi connectivity index (χ3v) is 1.71. The molecule has 0 spiro atoms. The Hall–Kier alpha value is -1.65. The van der Waals surface area contributed by atoms with Gasteiger partial charge in [0, 0.05) is 6.54 Å². The molecule has 0 heterocycles. The van der Waals surface area contributed by atoms with E-state index in [-0.39, 0.29) is 0 Å². The average molecular weight is 214 g/mol. The van der Waals surface area contributed by atoms with Gasteiger partial charge in [0.1, 0.15) is 0 Å². The number of hydrogen-bond acceptors (Lipinski definition) is 1. The first-order valence-electron chi connectivity index (χ1n) is 4.52. The number of carbonyl (C=O) groups is 1. The number of amides is 2. The SMILES string of the molecule is O=C(NCc1ccccc1)NCC(F)F. The van der Waals surface area contributed by atoms with Crippen LogP contribution in [0.15, 0.2) is 30.3 Å². The van der Waals surface area contributed by atoms with E-state index >= 15 is 0 Å². The molecular weight excluding hydrogens is 202 g/mol. The van der Waals surface area contributed by atoms with Gasteiger partial charge in [0.15, 0.2) is 0 Å². The molecule has 2 amide bonds. The first-order valence-corrected chi connectivity index (χ1v) is 4.52. The Morgan fingerprint density at radius 2 is 1.87 bits per heavy atom. The third-order valence-electron chi connectivity index (χ3n) is 1.71. The first kappa shape index (κ1) is 11.4. The fraction of sp³-hybridized carbons (Fsp3) is 0.300. The number of alkyl halides is 2. The van der Waals surface area contributed by atoms with Gasteiger partial charge in [0.05, 0.1) is 6.54 Å². The lowest BCUT2D eigenvalue weighted by Gasteiger charge is -2.06. The molecule has 1 rings (SSSR count).